The van der Waals surface area contributed by atoms with E-state index in [0.717, 1.165) is 31.6 Å². The van der Waals surface area contributed by atoms with E-state index >= 15 is 0 Å². The molecule has 2 rings (SSSR count). The second-order valence-electron chi connectivity index (χ2n) is 6.88. The molecule has 1 amide bonds. The second kappa shape index (κ2) is 7.47. The Balaban J connectivity index is 1.84. The van der Waals surface area contributed by atoms with E-state index in [-0.39, 0.29) is 11.8 Å². The highest BCUT2D eigenvalue weighted by Gasteiger charge is 2.23. The van der Waals surface area contributed by atoms with E-state index in [1.165, 1.54) is 12.1 Å². The number of alkyl carbamates (subject to hydrolysis) is 1. The van der Waals surface area contributed by atoms with E-state index in [1.54, 1.807) is 12.1 Å². The Hall–Kier alpha value is -2.03. The maximum atomic E-state index is 12.5. The van der Waals surface area contributed by atoms with Crippen LogP contribution < -0.4 is 14.4 Å². The Kier molecular flexibility index (Phi) is 5.76. The molecule has 0 radical (unpaired) electrons. The van der Waals surface area contributed by atoms with Crippen molar-refractivity contribution in [2.24, 2.45) is 0 Å². The van der Waals surface area contributed by atoms with Gasteiger partial charge in [0.15, 0.2) is 0 Å². The van der Waals surface area contributed by atoms with Gasteiger partial charge in [0.05, 0.1) is 0 Å². The summed E-state index contributed by atoms with van der Waals surface area (Å²) >= 11 is 0. The Morgan fingerprint density at radius 2 is 1.76 bits per heavy atom. The number of carbonyl (C=O) groups is 1. The molecule has 1 aliphatic rings. The van der Waals surface area contributed by atoms with Crippen molar-refractivity contribution in [3.05, 3.63) is 24.3 Å². The molecule has 0 aliphatic carbocycles. The van der Waals surface area contributed by atoms with Crippen LogP contribution in [0.4, 0.5) is 14.4 Å². The fourth-order valence-electron chi connectivity index (χ4n) is 2.58. The zero-order chi connectivity index (χ0) is 18.7. The van der Waals surface area contributed by atoms with Crippen LogP contribution in [0.3, 0.4) is 0 Å². The summed E-state index contributed by atoms with van der Waals surface area (Å²) in [5, 5.41) is 2.87. The summed E-state index contributed by atoms with van der Waals surface area (Å²) in [4.78, 5) is 13.9. The molecule has 1 aromatic carbocycles. The van der Waals surface area contributed by atoms with Gasteiger partial charge in [-0.15, -0.1) is 0 Å². The summed E-state index contributed by atoms with van der Waals surface area (Å²) in [6, 6.07) is 6.18. The zero-order valence-electron chi connectivity index (χ0n) is 14.5. The Labute approximate surface area is 147 Å². The molecule has 1 aliphatic heterocycles. The topological polar surface area (TPSA) is 84.9 Å². The quantitative estimate of drug-likeness (QED) is 0.816. The van der Waals surface area contributed by atoms with Gasteiger partial charge >= 0.3 is 16.6 Å². The molecule has 0 unspecified atom stereocenters. The molecule has 1 heterocycles. The van der Waals surface area contributed by atoms with Gasteiger partial charge in [-0.05, 0) is 57.9 Å². The van der Waals surface area contributed by atoms with Crippen molar-refractivity contribution in [1.82, 2.24) is 5.32 Å². The predicted octanol–water partition coefficient (Wildman–Crippen LogP) is 2.77. The zero-order valence-corrected chi connectivity index (χ0v) is 15.3. The van der Waals surface area contributed by atoms with E-state index in [2.05, 4.69) is 14.4 Å². The van der Waals surface area contributed by atoms with Gasteiger partial charge in [0, 0.05) is 24.8 Å². The first-order chi connectivity index (χ1) is 11.5. The van der Waals surface area contributed by atoms with Crippen molar-refractivity contribution >= 4 is 22.3 Å². The number of nitrogens with zero attached hydrogens (tertiary/aromatic N) is 1. The second-order valence-corrected chi connectivity index (χ2v) is 7.83. The van der Waals surface area contributed by atoms with Crippen LogP contribution in [0.2, 0.25) is 0 Å². The lowest BCUT2D eigenvalue weighted by molar-refractivity contribution is 0.0497. The molecule has 1 aromatic rings. The molecule has 9 heteroatoms. The molecular weight excluding hydrogens is 351 g/mol. The number of benzene rings is 1. The van der Waals surface area contributed by atoms with Crippen molar-refractivity contribution in [1.29, 1.82) is 0 Å². The maximum absolute atomic E-state index is 12.5. The molecule has 1 saturated heterocycles. The summed E-state index contributed by atoms with van der Waals surface area (Å²) < 4.78 is 42.8. The molecule has 25 heavy (non-hydrogen) atoms. The van der Waals surface area contributed by atoms with Gasteiger partial charge in [-0.1, -0.05) is 3.89 Å². The van der Waals surface area contributed by atoms with Crippen LogP contribution in [0.15, 0.2) is 24.3 Å². The van der Waals surface area contributed by atoms with Crippen LogP contribution in [0.5, 0.6) is 5.75 Å². The van der Waals surface area contributed by atoms with Crippen LogP contribution in [0.1, 0.15) is 33.6 Å². The minimum atomic E-state index is -5.01. The first kappa shape index (κ1) is 19.3. The number of halogens is 1. The Bertz CT molecular complexity index is 692. The molecular formula is C16H23FN2O5S. The van der Waals surface area contributed by atoms with E-state index in [9.17, 15) is 17.1 Å². The molecule has 140 valence electrons. The van der Waals surface area contributed by atoms with Crippen molar-refractivity contribution in [2.45, 2.75) is 45.3 Å². The van der Waals surface area contributed by atoms with Crippen LogP contribution in [-0.2, 0) is 15.2 Å². The molecule has 0 aromatic heterocycles. The van der Waals surface area contributed by atoms with Crippen molar-refractivity contribution in [2.75, 3.05) is 18.0 Å². The number of carbonyl (C=O) groups excluding carboxylic acids is 1. The number of hydrogen-bond acceptors (Lipinski definition) is 6. The summed E-state index contributed by atoms with van der Waals surface area (Å²) in [6.07, 6.45) is 1.10. The highest BCUT2D eigenvalue weighted by atomic mass is 32.3. The van der Waals surface area contributed by atoms with E-state index in [1.807, 2.05) is 20.8 Å². The molecule has 0 spiro atoms. The molecule has 1 N–H and O–H groups in total. The number of amides is 1. The van der Waals surface area contributed by atoms with Crippen molar-refractivity contribution in [3.8, 4) is 5.75 Å². The first-order valence-corrected chi connectivity index (χ1v) is 9.31. The monoisotopic (exact) mass is 374 g/mol. The average Bonchev–Trinajstić information content (AvgIpc) is 2.45. The lowest BCUT2D eigenvalue weighted by atomic mass is 10.0. The molecule has 0 atom stereocenters. The van der Waals surface area contributed by atoms with Crippen LogP contribution in [0, 0.1) is 0 Å². The first-order valence-electron chi connectivity index (χ1n) is 8.00. The number of ether oxygens (including phenoxy) is 1. The number of nitrogens with one attached hydrogen (secondary N) is 1. The Morgan fingerprint density at radius 1 is 1.20 bits per heavy atom. The van der Waals surface area contributed by atoms with Gasteiger partial charge in [0.2, 0.25) is 0 Å². The minimum absolute atomic E-state index is 0.0467. The Morgan fingerprint density at radius 3 is 2.24 bits per heavy atom. The van der Waals surface area contributed by atoms with Crippen LogP contribution >= 0.6 is 0 Å². The number of anilines is 1. The lowest BCUT2D eigenvalue weighted by Gasteiger charge is -2.34. The SMILES string of the molecule is CC(C)(C)OC(=O)NC1CCN(c2ccc(OS(=O)(=O)F)cc2)CC1. The lowest BCUT2D eigenvalue weighted by Crippen LogP contribution is -2.46. The summed E-state index contributed by atoms with van der Waals surface area (Å²) in [5.41, 5.74) is 0.348. The maximum Gasteiger partial charge on any atom is 0.488 e. The molecule has 0 saturated carbocycles. The third-order valence-corrected chi connectivity index (χ3v) is 4.00. The largest absolute Gasteiger partial charge is 0.488 e. The number of hydrogen-bond donors (Lipinski definition) is 1. The number of piperidine rings is 1. The third kappa shape index (κ3) is 6.77. The molecule has 1 fully saturated rings. The summed E-state index contributed by atoms with van der Waals surface area (Å²) in [7, 11) is -5.01. The summed E-state index contributed by atoms with van der Waals surface area (Å²) in [6.45, 7) is 6.90. The van der Waals surface area contributed by atoms with Gasteiger partial charge in [-0.25, -0.2) is 4.79 Å². The van der Waals surface area contributed by atoms with E-state index < -0.39 is 22.2 Å². The van der Waals surface area contributed by atoms with Gasteiger partial charge < -0.3 is 19.1 Å². The van der Waals surface area contributed by atoms with Crippen molar-refractivity contribution < 1.29 is 26.0 Å². The fourth-order valence-corrected chi connectivity index (χ4v) is 2.92. The standard InChI is InChI=1S/C16H23FN2O5S/c1-16(2,3)23-15(20)18-12-8-10-19(11-9-12)13-4-6-14(7-5-13)24-25(17,21)22/h4-7,12H,8-11H2,1-3H3,(H,18,20). The highest BCUT2D eigenvalue weighted by Crippen LogP contribution is 2.24. The van der Waals surface area contributed by atoms with Gasteiger partial charge in [0.1, 0.15) is 11.4 Å². The summed E-state index contributed by atoms with van der Waals surface area (Å²) in [5.74, 6) is -0.0762. The fraction of sp³-hybridized carbons (Fsp3) is 0.562. The van der Waals surface area contributed by atoms with E-state index in [0.29, 0.717) is 0 Å². The van der Waals surface area contributed by atoms with Crippen LogP contribution in [0.25, 0.3) is 0 Å². The van der Waals surface area contributed by atoms with E-state index in [4.69, 9.17) is 4.74 Å². The molecule has 0 bridgehead atoms. The van der Waals surface area contributed by atoms with Gasteiger partial charge in [-0.2, -0.15) is 8.42 Å². The number of rotatable bonds is 4. The third-order valence-electron chi connectivity index (χ3n) is 3.61. The normalized spacial score (nSPS) is 16.4. The van der Waals surface area contributed by atoms with Crippen LogP contribution in [-0.4, -0.2) is 39.2 Å². The predicted molar refractivity (Wildman–Crippen MR) is 91.7 cm³/mol. The van der Waals surface area contributed by atoms with Gasteiger partial charge in [0.25, 0.3) is 0 Å². The van der Waals surface area contributed by atoms with Gasteiger partial charge in [-0.3, -0.25) is 0 Å². The molecule has 7 nitrogen and oxygen atoms in total. The van der Waals surface area contributed by atoms with Crippen molar-refractivity contribution in [3.63, 3.8) is 0 Å². The average molecular weight is 374 g/mol. The smallest absolute Gasteiger partial charge is 0.444 e. The minimum Gasteiger partial charge on any atom is -0.444 e. The highest BCUT2D eigenvalue weighted by molar-refractivity contribution is 7.81.